The van der Waals surface area contributed by atoms with Gasteiger partial charge in [-0.1, -0.05) is 37.6 Å². The van der Waals surface area contributed by atoms with E-state index in [-0.39, 0.29) is 28.9 Å². The smallest absolute Gasteiger partial charge is 0.416 e. The highest BCUT2D eigenvalue weighted by Gasteiger charge is 2.45. The molecule has 3 aromatic rings. The van der Waals surface area contributed by atoms with Crippen molar-refractivity contribution in [3.8, 4) is 5.75 Å². The number of amides is 1. The minimum atomic E-state index is -4.69. The van der Waals surface area contributed by atoms with Gasteiger partial charge in [-0.3, -0.25) is 4.79 Å². The number of carboxylic acid groups (broad SMARTS) is 1. The summed E-state index contributed by atoms with van der Waals surface area (Å²) in [5.74, 6) is -2.34. The summed E-state index contributed by atoms with van der Waals surface area (Å²) in [5, 5.41) is 12.5. The van der Waals surface area contributed by atoms with Crippen molar-refractivity contribution in [3.63, 3.8) is 0 Å². The van der Waals surface area contributed by atoms with Crippen LogP contribution in [0.3, 0.4) is 0 Å². The van der Waals surface area contributed by atoms with E-state index in [0.29, 0.717) is 18.2 Å². The average Bonchev–Trinajstić information content (AvgIpc) is 2.82. The number of rotatable bonds is 7. The fourth-order valence-corrected chi connectivity index (χ4v) is 4.51. The molecule has 0 heterocycles. The van der Waals surface area contributed by atoms with Crippen LogP contribution in [0.5, 0.6) is 5.75 Å². The Bertz CT molecular complexity index is 1360. The summed E-state index contributed by atoms with van der Waals surface area (Å²) in [5.41, 5.74) is -2.47. The third-order valence-corrected chi connectivity index (χ3v) is 6.92. The fraction of sp³-hybridized carbons (Fsp3) is 0.333. The Labute approximate surface area is 213 Å². The second-order valence-electron chi connectivity index (χ2n) is 9.61. The Kier molecular flexibility index (Phi) is 7.07. The molecule has 38 heavy (non-hydrogen) atoms. The highest BCUT2D eigenvalue weighted by molar-refractivity contribution is 6.05. The van der Waals surface area contributed by atoms with Crippen molar-refractivity contribution in [2.45, 2.75) is 51.2 Å². The summed E-state index contributed by atoms with van der Waals surface area (Å²) >= 11 is 0. The van der Waals surface area contributed by atoms with Crippen LogP contribution in [0.4, 0.5) is 26.3 Å². The van der Waals surface area contributed by atoms with E-state index in [1.165, 1.54) is 18.2 Å². The number of ether oxygens (including phenoxy) is 1. The van der Waals surface area contributed by atoms with Crippen LogP contribution in [-0.4, -0.2) is 23.0 Å². The quantitative estimate of drug-likeness (QED) is 0.323. The molecule has 4 rings (SSSR count). The van der Waals surface area contributed by atoms with E-state index in [9.17, 15) is 41.0 Å². The highest BCUT2D eigenvalue weighted by Crippen LogP contribution is 2.44. The maximum absolute atomic E-state index is 13.5. The number of carbonyl (C=O) groups excluding carboxylic acids is 1. The van der Waals surface area contributed by atoms with Gasteiger partial charge in [0.05, 0.1) is 16.7 Å². The Balaban J connectivity index is 1.73. The van der Waals surface area contributed by atoms with Crippen LogP contribution in [-0.2, 0) is 23.8 Å². The lowest BCUT2D eigenvalue weighted by molar-refractivity contribution is -0.144. The number of halogens is 6. The number of benzene rings is 3. The van der Waals surface area contributed by atoms with E-state index in [1.807, 2.05) is 0 Å². The van der Waals surface area contributed by atoms with Crippen molar-refractivity contribution in [3.05, 3.63) is 76.9 Å². The second kappa shape index (κ2) is 9.85. The summed E-state index contributed by atoms with van der Waals surface area (Å²) in [6, 6.07) is 8.39. The Morgan fingerprint density at radius 1 is 0.947 bits per heavy atom. The van der Waals surface area contributed by atoms with Gasteiger partial charge >= 0.3 is 18.3 Å². The molecule has 0 aromatic heterocycles. The maximum atomic E-state index is 13.5. The number of hydrogen-bond acceptors (Lipinski definition) is 3. The maximum Gasteiger partial charge on any atom is 0.416 e. The first kappa shape index (κ1) is 27.3. The number of alkyl halides is 6. The van der Waals surface area contributed by atoms with Crippen molar-refractivity contribution >= 4 is 22.6 Å². The number of carboxylic acids is 1. The lowest BCUT2D eigenvalue weighted by atomic mass is 9.65. The van der Waals surface area contributed by atoms with Gasteiger partial charge < -0.3 is 15.2 Å². The normalized spacial score (nSPS) is 16.0. The molecule has 1 fully saturated rings. The predicted octanol–water partition coefficient (Wildman–Crippen LogP) is 6.83. The summed E-state index contributed by atoms with van der Waals surface area (Å²) in [4.78, 5) is 25.2. The molecule has 0 spiro atoms. The number of carbonyl (C=O) groups is 2. The molecule has 1 saturated carbocycles. The zero-order valence-electron chi connectivity index (χ0n) is 20.0. The molecule has 0 radical (unpaired) electrons. The molecule has 3 aromatic carbocycles. The van der Waals surface area contributed by atoms with Gasteiger partial charge in [0, 0.05) is 5.39 Å². The first-order valence-electron chi connectivity index (χ1n) is 11.7. The van der Waals surface area contributed by atoms with E-state index < -0.39 is 46.8 Å². The molecule has 0 bridgehead atoms. The van der Waals surface area contributed by atoms with Gasteiger partial charge in [-0.25, -0.2) is 4.79 Å². The minimum absolute atomic E-state index is 0.0545. The monoisotopic (exact) mass is 539 g/mol. The van der Waals surface area contributed by atoms with Gasteiger partial charge in [-0.15, -0.1) is 0 Å². The molecule has 202 valence electrons. The Morgan fingerprint density at radius 3 is 2.05 bits per heavy atom. The van der Waals surface area contributed by atoms with Crippen LogP contribution in [0.15, 0.2) is 54.6 Å². The standard InChI is InChI=1S/C27H23F6NO4/c1-25(11-2-12-25)22(24(36)37)34-23(35)19-10-6-16-5-9-18(27(31,32)33)13-20(16)21(19)38-14-15-3-7-17(8-4-15)26(28,29)30/h3-10,13,22H,2,11-12,14H2,1H3,(H,34,35)(H,36,37)/t22-/m1/s1. The summed E-state index contributed by atoms with van der Waals surface area (Å²) < 4.78 is 84.8. The summed E-state index contributed by atoms with van der Waals surface area (Å²) in [7, 11) is 0. The molecule has 1 amide bonds. The zero-order chi connectivity index (χ0) is 27.9. The third-order valence-electron chi connectivity index (χ3n) is 6.92. The lowest BCUT2D eigenvalue weighted by Gasteiger charge is -2.43. The van der Waals surface area contributed by atoms with Crippen LogP contribution in [0.2, 0.25) is 0 Å². The molecule has 0 aliphatic heterocycles. The molecule has 0 saturated heterocycles. The second-order valence-corrected chi connectivity index (χ2v) is 9.61. The molecule has 11 heteroatoms. The van der Waals surface area contributed by atoms with Crippen LogP contribution in [0.25, 0.3) is 10.8 Å². The summed E-state index contributed by atoms with van der Waals surface area (Å²) in [6.45, 7) is 1.38. The van der Waals surface area contributed by atoms with E-state index in [2.05, 4.69) is 5.32 Å². The van der Waals surface area contributed by atoms with E-state index >= 15 is 0 Å². The van der Waals surface area contributed by atoms with Crippen molar-refractivity contribution in [1.29, 1.82) is 0 Å². The highest BCUT2D eigenvalue weighted by atomic mass is 19.4. The topological polar surface area (TPSA) is 75.6 Å². The number of aliphatic carboxylic acids is 1. The van der Waals surface area contributed by atoms with Gasteiger partial charge in [0.1, 0.15) is 18.4 Å². The van der Waals surface area contributed by atoms with E-state index in [4.69, 9.17) is 4.74 Å². The molecule has 1 atom stereocenters. The molecular formula is C27H23F6NO4. The fourth-order valence-electron chi connectivity index (χ4n) is 4.51. The SMILES string of the molecule is CC1([C@H](NC(=O)c2ccc3ccc(C(F)(F)F)cc3c2OCc2ccc(C(F)(F)F)cc2)C(=O)O)CCC1. The van der Waals surface area contributed by atoms with Crippen LogP contribution in [0, 0.1) is 5.41 Å². The molecule has 0 unspecified atom stereocenters. The van der Waals surface area contributed by atoms with Crippen molar-refractivity contribution in [1.82, 2.24) is 5.32 Å². The molecule has 5 nitrogen and oxygen atoms in total. The van der Waals surface area contributed by atoms with Gasteiger partial charge in [-0.2, -0.15) is 26.3 Å². The first-order valence-corrected chi connectivity index (χ1v) is 11.7. The minimum Gasteiger partial charge on any atom is -0.487 e. The van der Waals surface area contributed by atoms with Gasteiger partial charge in [0.2, 0.25) is 0 Å². The van der Waals surface area contributed by atoms with Crippen LogP contribution in [0.1, 0.15) is 53.2 Å². The van der Waals surface area contributed by atoms with Gasteiger partial charge in [0.15, 0.2) is 0 Å². The number of hydrogen-bond donors (Lipinski definition) is 2. The van der Waals surface area contributed by atoms with Crippen LogP contribution >= 0.6 is 0 Å². The number of fused-ring (bicyclic) bond motifs is 1. The van der Waals surface area contributed by atoms with Gasteiger partial charge in [0.25, 0.3) is 5.91 Å². The lowest BCUT2D eigenvalue weighted by Crippen LogP contribution is -2.54. The number of nitrogens with one attached hydrogen (secondary N) is 1. The molecule has 1 aliphatic rings. The van der Waals surface area contributed by atoms with E-state index in [1.54, 1.807) is 6.92 Å². The van der Waals surface area contributed by atoms with Crippen molar-refractivity contribution < 1.29 is 45.8 Å². The zero-order valence-corrected chi connectivity index (χ0v) is 20.0. The summed E-state index contributed by atoms with van der Waals surface area (Å²) in [6.07, 6.45) is -7.29. The van der Waals surface area contributed by atoms with E-state index in [0.717, 1.165) is 42.8 Å². The molecule has 2 N–H and O–H groups in total. The average molecular weight is 539 g/mol. The van der Waals surface area contributed by atoms with Gasteiger partial charge in [-0.05, 0) is 59.5 Å². The van der Waals surface area contributed by atoms with Crippen molar-refractivity contribution in [2.24, 2.45) is 5.41 Å². The molecule has 1 aliphatic carbocycles. The first-order chi connectivity index (χ1) is 17.7. The Morgan fingerprint density at radius 2 is 1.53 bits per heavy atom. The Hall–Kier alpha value is -3.76. The van der Waals surface area contributed by atoms with Crippen LogP contribution < -0.4 is 10.1 Å². The predicted molar refractivity (Wildman–Crippen MR) is 126 cm³/mol. The third kappa shape index (κ3) is 5.56. The molecular weight excluding hydrogens is 516 g/mol. The largest absolute Gasteiger partial charge is 0.487 e. The van der Waals surface area contributed by atoms with Crippen molar-refractivity contribution in [2.75, 3.05) is 0 Å².